The van der Waals surface area contributed by atoms with Gasteiger partial charge in [-0.05, 0) is 111 Å². The Morgan fingerprint density at radius 2 is 1.51 bits per heavy atom. The second kappa shape index (κ2) is 13.0. The van der Waals surface area contributed by atoms with Gasteiger partial charge in [-0.15, -0.1) is 0 Å². The largest absolute Gasteiger partial charge is 0.481 e. The zero-order valence-corrected chi connectivity index (χ0v) is 25.3. The van der Waals surface area contributed by atoms with Gasteiger partial charge in [-0.25, -0.2) is 0 Å². The third-order valence-electron chi connectivity index (χ3n) is 9.00. The molecule has 1 fully saturated rings. The van der Waals surface area contributed by atoms with Crippen molar-refractivity contribution in [3.8, 4) is 0 Å². The fourth-order valence-corrected chi connectivity index (χ4v) is 6.63. The molecule has 0 atom stereocenters. The Labute approximate surface area is 258 Å². The van der Waals surface area contributed by atoms with Crippen molar-refractivity contribution < 1.29 is 40.8 Å². The molecule has 244 valence electrons. The molecule has 5 rings (SSSR count). The van der Waals surface area contributed by atoms with Crippen LogP contribution in [0.2, 0.25) is 0 Å². The first-order valence-electron chi connectivity index (χ1n) is 15.3. The van der Waals surface area contributed by atoms with Crippen molar-refractivity contribution in [3.63, 3.8) is 0 Å². The summed E-state index contributed by atoms with van der Waals surface area (Å²) in [6, 6.07) is 7.52. The standard InChI is InChI=1S/C33H37F6N3O3/c1-3-41(17-21-7-9-23(10-8-21)31(43)44)29-15-25-6-4-5-24(25)14-26(29)19-42(30-11-20(2)40-45-30)18-22-12-27(32(34,35)36)16-28(13-22)33(37,38)39/h11-16,21,23H,3-10,17-19H2,1-2H3,(H,43,44). The smallest absolute Gasteiger partial charge is 0.416 e. The van der Waals surface area contributed by atoms with Gasteiger partial charge in [0.05, 0.1) is 22.7 Å². The van der Waals surface area contributed by atoms with Crippen molar-refractivity contribution >= 4 is 17.5 Å². The van der Waals surface area contributed by atoms with Crippen molar-refractivity contribution in [2.24, 2.45) is 11.8 Å². The van der Waals surface area contributed by atoms with Crippen molar-refractivity contribution in [2.45, 2.75) is 84.2 Å². The number of nitrogens with zero attached hydrogens (tertiary/aromatic N) is 3. The Morgan fingerprint density at radius 1 is 0.889 bits per heavy atom. The van der Waals surface area contributed by atoms with Gasteiger partial charge in [0.25, 0.3) is 0 Å². The second-order valence-corrected chi connectivity index (χ2v) is 12.3. The van der Waals surface area contributed by atoms with Crippen LogP contribution < -0.4 is 9.80 Å². The number of aromatic nitrogens is 1. The first-order chi connectivity index (χ1) is 21.2. The monoisotopic (exact) mass is 637 g/mol. The van der Waals surface area contributed by atoms with E-state index < -0.39 is 29.4 Å². The lowest BCUT2D eigenvalue weighted by atomic mass is 9.81. The highest BCUT2D eigenvalue weighted by molar-refractivity contribution is 5.70. The van der Waals surface area contributed by atoms with Gasteiger partial charge < -0.3 is 19.4 Å². The van der Waals surface area contributed by atoms with Crippen LogP contribution in [-0.4, -0.2) is 29.3 Å². The summed E-state index contributed by atoms with van der Waals surface area (Å²) in [5.74, 6) is -0.535. The molecule has 0 bridgehead atoms. The predicted molar refractivity (Wildman–Crippen MR) is 157 cm³/mol. The molecule has 1 saturated carbocycles. The highest BCUT2D eigenvalue weighted by atomic mass is 19.4. The van der Waals surface area contributed by atoms with Crippen LogP contribution in [0, 0.1) is 18.8 Å². The van der Waals surface area contributed by atoms with Crippen LogP contribution in [0.15, 0.2) is 40.9 Å². The minimum absolute atomic E-state index is 0.133. The number of hydrogen-bond acceptors (Lipinski definition) is 5. The van der Waals surface area contributed by atoms with Crippen LogP contribution in [0.4, 0.5) is 37.9 Å². The minimum atomic E-state index is -4.96. The number of carboxylic acids is 1. The summed E-state index contributed by atoms with van der Waals surface area (Å²) in [6.07, 6.45) is -4.24. The number of alkyl halides is 6. The lowest BCUT2D eigenvalue weighted by Crippen LogP contribution is -2.34. The summed E-state index contributed by atoms with van der Waals surface area (Å²) in [5, 5.41) is 13.3. The minimum Gasteiger partial charge on any atom is -0.481 e. The highest BCUT2D eigenvalue weighted by Crippen LogP contribution is 2.39. The number of halogens is 6. The molecule has 1 heterocycles. The van der Waals surface area contributed by atoms with E-state index in [0.717, 1.165) is 62.0 Å². The van der Waals surface area contributed by atoms with E-state index in [1.807, 2.05) is 6.92 Å². The summed E-state index contributed by atoms with van der Waals surface area (Å²) < 4.78 is 87.5. The molecule has 0 radical (unpaired) electrons. The summed E-state index contributed by atoms with van der Waals surface area (Å²) >= 11 is 0. The average molecular weight is 638 g/mol. The summed E-state index contributed by atoms with van der Waals surface area (Å²) in [5.41, 5.74) is 1.89. The van der Waals surface area contributed by atoms with E-state index in [4.69, 9.17) is 4.52 Å². The lowest BCUT2D eigenvalue weighted by Gasteiger charge is -2.34. The lowest BCUT2D eigenvalue weighted by molar-refractivity contribution is -0.144. The molecule has 0 spiro atoms. The molecule has 12 heteroatoms. The van der Waals surface area contributed by atoms with Crippen LogP contribution in [0.5, 0.6) is 0 Å². The van der Waals surface area contributed by atoms with Crippen LogP contribution >= 0.6 is 0 Å². The number of anilines is 2. The summed E-state index contributed by atoms with van der Waals surface area (Å²) in [6.45, 7) is 5.02. The van der Waals surface area contributed by atoms with Crippen LogP contribution in [0.3, 0.4) is 0 Å². The van der Waals surface area contributed by atoms with Crippen molar-refractivity contribution in [1.29, 1.82) is 0 Å². The number of aliphatic carboxylic acids is 1. The van der Waals surface area contributed by atoms with Crippen molar-refractivity contribution in [2.75, 3.05) is 22.9 Å². The normalized spacial score (nSPS) is 18.6. The van der Waals surface area contributed by atoms with E-state index in [9.17, 15) is 36.2 Å². The van der Waals surface area contributed by atoms with E-state index in [1.54, 1.807) is 17.9 Å². The highest BCUT2D eigenvalue weighted by Gasteiger charge is 2.37. The second-order valence-electron chi connectivity index (χ2n) is 12.3. The fraction of sp³-hybridized carbons (Fsp3) is 0.515. The number of aryl methyl sites for hydroxylation is 3. The number of carbonyl (C=O) groups is 1. The van der Waals surface area contributed by atoms with Crippen LogP contribution in [0.1, 0.15) is 78.1 Å². The third-order valence-corrected chi connectivity index (χ3v) is 9.00. The SMILES string of the molecule is CCN(CC1CCC(C(=O)O)CC1)c1cc2c(cc1CN(Cc1cc(C(F)(F)F)cc(C(F)(F)F)c1)c1cc(C)no1)CCC2. The van der Waals surface area contributed by atoms with Gasteiger partial charge in [0.1, 0.15) is 0 Å². The molecule has 1 N–H and O–H groups in total. The number of carboxylic acid groups (broad SMARTS) is 1. The van der Waals surface area contributed by atoms with E-state index in [1.165, 1.54) is 11.1 Å². The molecule has 2 aliphatic carbocycles. The van der Waals surface area contributed by atoms with Gasteiger partial charge in [-0.3, -0.25) is 4.79 Å². The van der Waals surface area contributed by atoms with E-state index >= 15 is 0 Å². The molecule has 0 saturated heterocycles. The van der Waals surface area contributed by atoms with E-state index in [-0.39, 0.29) is 36.5 Å². The molecular formula is C33H37F6N3O3. The molecule has 0 amide bonds. The van der Waals surface area contributed by atoms with Crippen molar-refractivity contribution in [1.82, 2.24) is 5.16 Å². The molecule has 0 unspecified atom stereocenters. The third kappa shape index (κ3) is 7.76. The number of benzene rings is 2. The van der Waals surface area contributed by atoms with E-state index in [2.05, 4.69) is 22.2 Å². The number of rotatable bonds is 10. The maximum absolute atomic E-state index is 13.7. The average Bonchev–Trinajstić information content (AvgIpc) is 3.63. The number of hydrogen-bond donors (Lipinski definition) is 1. The Balaban J connectivity index is 1.50. The maximum atomic E-state index is 13.7. The Morgan fingerprint density at radius 3 is 2.04 bits per heavy atom. The first-order valence-corrected chi connectivity index (χ1v) is 15.3. The summed E-state index contributed by atoms with van der Waals surface area (Å²) in [7, 11) is 0. The van der Waals surface area contributed by atoms with Gasteiger partial charge >= 0.3 is 18.3 Å². The van der Waals surface area contributed by atoms with Gasteiger partial charge in [0.15, 0.2) is 0 Å². The van der Waals surface area contributed by atoms with E-state index in [0.29, 0.717) is 31.0 Å². The topological polar surface area (TPSA) is 69.8 Å². The Kier molecular flexibility index (Phi) is 9.41. The van der Waals surface area contributed by atoms with Crippen molar-refractivity contribution in [3.05, 3.63) is 75.5 Å². The maximum Gasteiger partial charge on any atom is 0.416 e. The molecule has 2 aromatic carbocycles. The molecule has 6 nitrogen and oxygen atoms in total. The molecule has 3 aromatic rings. The first kappa shape index (κ1) is 32.7. The number of fused-ring (bicyclic) bond motifs is 1. The predicted octanol–water partition coefficient (Wildman–Crippen LogP) is 8.43. The molecule has 2 aliphatic rings. The Bertz CT molecular complexity index is 1480. The quantitative estimate of drug-likeness (QED) is 0.225. The zero-order chi connectivity index (χ0) is 32.5. The fourth-order valence-electron chi connectivity index (χ4n) is 6.63. The summed E-state index contributed by atoms with van der Waals surface area (Å²) in [4.78, 5) is 15.3. The van der Waals surface area contributed by atoms with Gasteiger partial charge in [0, 0.05) is 37.9 Å². The van der Waals surface area contributed by atoms with Gasteiger partial charge in [-0.1, -0.05) is 11.2 Å². The molecular weight excluding hydrogens is 600 g/mol. The van der Waals surface area contributed by atoms with Gasteiger partial charge in [-0.2, -0.15) is 26.3 Å². The van der Waals surface area contributed by atoms with Crippen LogP contribution in [0.25, 0.3) is 0 Å². The zero-order valence-electron chi connectivity index (χ0n) is 25.3. The van der Waals surface area contributed by atoms with Gasteiger partial charge in [0.2, 0.25) is 5.88 Å². The molecule has 0 aliphatic heterocycles. The molecule has 45 heavy (non-hydrogen) atoms. The van der Waals surface area contributed by atoms with Crippen LogP contribution in [-0.2, 0) is 43.1 Å². The Hall–Kier alpha value is -3.70. The molecule has 1 aromatic heterocycles.